The maximum atomic E-state index is 12.0. The summed E-state index contributed by atoms with van der Waals surface area (Å²) < 4.78 is 0. The zero-order valence-corrected chi connectivity index (χ0v) is 13.0. The van der Waals surface area contributed by atoms with E-state index in [1.165, 1.54) is 4.90 Å². The van der Waals surface area contributed by atoms with E-state index in [1.807, 2.05) is 13.8 Å². The molecule has 1 saturated heterocycles. The van der Waals surface area contributed by atoms with Gasteiger partial charge in [-0.3, -0.25) is 9.59 Å². The van der Waals surface area contributed by atoms with Gasteiger partial charge in [-0.1, -0.05) is 6.92 Å². The lowest BCUT2D eigenvalue weighted by molar-refractivity contribution is -0.151. The Balaban J connectivity index is 2.45. The summed E-state index contributed by atoms with van der Waals surface area (Å²) in [5.41, 5.74) is -0.713. The van der Waals surface area contributed by atoms with Gasteiger partial charge in [-0.05, 0) is 26.2 Å². The Morgan fingerprint density at radius 3 is 2.24 bits per heavy atom. The average molecular weight is 299 g/mol. The Morgan fingerprint density at radius 2 is 1.81 bits per heavy atom. The Kier molecular flexibility index (Phi) is 5.99. The smallest absolute Gasteiger partial charge is 0.317 e. The molecule has 0 aromatic heterocycles. The van der Waals surface area contributed by atoms with Crippen molar-refractivity contribution in [2.45, 2.75) is 33.1 Å². The van der Waals surface area contributed by atoms with Crippen LogP contribution in [-0.4, -0.2) is 66.0 Å². The van der Waals surface area contributed by atoms with E-state index in [9.17, 15) is 19.5 Å². The van der Waals surface area contributed by atoms with Gasteiger partial charge in [0.25, 0.3) is 0 Å². The lowest BCUT2D eigenvalue weighted by Crippen LogP contribution is -2.51. The standard InChI is InChI=1S/C14H25N3O4/c1-4-14(12(19)20)6-8-17(9-7-14)13(21)15-10-11(18)16(3)5-2/h4-10H2,1-3H3,(H,15,21)(H,19,20). The molecular formula is C14H25N3O4. The van der Waals surface area contributed by atoms with Crippen LogP contribution in [0.1, 0.15) is 33.1 Å². The molecule has 7 nitrogen and oxygen atoms in total. The number of nitrogens with one attached hydrogen (secondary N) is 1. The number of rotatable bonds is 5. The van der Waals surface area contributed by atoms with Crippen molar-refractivity contribution < 1.29 is 19.5 Å². The zero-order chi connectivity index (χ0) is 16.0. The highest BCUT2D eigenvalue weighted by Gasteiger charge is 2.40. The largest absolute Gasteiger partial charge is 0.481 e. The van der Waals surface area contributed by atoms with Gasteiger partial charge < -0.3 is 20.2 Å². The first-order valence-electron chi connectivity index (χ1n) is 7.36. The van der Waals surface area contributed by atoms with Crippen LogP contribution in [0.3, 0.4) is 0 Å². The molecule has 0 bridgehead atoms. The summed E-state index contributed by atoms with van der Waals surface area (Å²) >= 11 is 0. The normalized spacial score (nSPS) is 17.2. The first kappa shape index (κ1) is 17.3. The summed E-state index contributed by atoms with van der Waals surface area (Å²) in [4.78, 5) is 38.0. The van der Waals surface area contributed by atoms with Crippen molar-refractivity contribution in [2.24, 2.45) is 5.41 Å². The monoisotopic (exact) mass is 299 g/mol. The zero-order valence-electron chi connectivity index (χ0n) is 13.0. The highest BCUT2D eigenvalue weighted by atomic mass is 16.4. The number of carbonyl (C=O) groups is 3. The fraction of sp³-hybridized carbons (Fsp3) is 0.786. The fourth-order valence-corrected chi connectivity index (χ4v) is 2.43. The number of hydrogen-bond donors (Lipinski definition) is 2. The molecule has 0 aliphatic carbocycles. The van der Waals surface area contributed by atoms with Crippen LogP contribution in [0.15, 0.2) is 0 Å². The van der Waals surface area contributed by atoms with Crippen LogP contribution < -0.4 is 5.32 Å². The third kappa shape index (κ3) is 4.09. The molecule has 1 aliphatic rings. The third-order valence-corrected chi connectivity index (χ3v) is 4.43. The summed E-state index contributed by atoms with van der Waals surface area (Å²) in [5.74, 6) is -0.930. The SMILES string of the molecule is CCN(C)C(=O)CNC(=O)N1CCC(CC)(C(=O)O)CC1. The van der Waals surface area contributed by atoms with Crippen LogP contribution >= 0.6 is 0 Å². The number of hydrogen-bond acceptors (Lipinski definition) is 3. The predicted octanol–water partition coefficient (Wildman–Crippen LogP) is 0.751. The van der Waals surface area contributed by atoms with Crippen molar-refractivity contribution in [1.29, 1.82) is 0 Å². The van der Waals surface area contributed by atoms with Gasteiger partial charge in [0.05, 0.1) is 12.0 Å². The van der Waals surface area contributed by atoms with Crippen LogP contribution in [-0.2, 0) is 9.59 Å². The molecule has 0 saturated carbocycles. The molecule has 3 amide bonds. The van der Waals surface area contributed by atoms with Gasteiger partial charge in [-0.2, -0.15) is 0 Å². The average Bonchev–Trinajstić information content (AvgIpc) is 2.51. The molecule has 1 heterocycles. The van der Waals surface area contributed by atoms with Crippen LogP contribution in [0.4, 0.5) is 4.79 Å². The van der Waals surface area contributed by atoms with E-state index >= 15 is 0 Å². The molecule has 1 aliphatic heterocycles. The fourth-order valence-electron chi connectivity index (χ4n) is 2.43. The minimum absolute atomic E-state index is 0.0302. The maximum absolute atomic E-state index is 12.0. The van der Waals surface area contributed by atoms with Gasteiger partial charge in [0, 0.05) is 26.7 Å². The lowest BCUT2D eigenvalue weighted by Gasteiger charge is -2.38. The van der Waals surface area contributed by atoms with Gasteiger partial charge in [-0.25, -0.2) is 4.79 Å². The second-order valence-electron chi connectivity index (χ2n) is 5.49. The summed E-state index contributed by atoms with van der Waals surface area (Å²) in [7, 11) is 1.68. The van der Waals surface area contributed by atoms with Crippen LogP contribution in [0, 0.1) is 5.41 Å². The Labute approximate surface area is 125 Å². The molecule has 7 heteroatoms. The number of carboxylic acids is 1. The second kappa shape index (κ2) is 7.28. The van der Waals surface area contributed by atoms with Crippen molar-refractivity contribution in [3.8, 4) is 0 Å². The molecule has 120 valence electrons. The van der Waals surface area contributed by atoms with Crippen LogP contribution in [0.5, 0.6) is 0 Å². The van der Waals surface area contributed by atoms with Gasteiger partial charge in [-0.15, -0.1) is 0 Å². The van der Waals surface area contributed by atoms with Crippen molar-refractivity contribution in [1.82, 2.24) is 15.1 Å². The maximum Gasteiger partial charge on any atom is 0.317 e. The molecule has 0 spiro atoms. The Bertz CT molecular complexity index is 403. The van der Waals surface area contributed by atoms with E-state index in [1.54, 1.807) is 11.9 Å². The first-order chi connectivity index (χ1) is 9.86. The molecule has 0 atom stereocenters. The molecule has 1 rings (SSSR count). The van der Waals surface area contributed by atoms with Crippen molar-refractivity contribution in [2.75, 3.05) is 33.2 Å². The minimum Gasteiger partial charge on any atom is -0.481 e. The summed E-state index contributed by atoms with van der Waals surface area (Å²) in [6, 6.07) is -0.303. The topological polar surface area (TPSA) is 90.0 Å². The summed E-state index contributed by atoms with van der Waals surface area (Å²) in [6.07, 6.45) is 1.47. The Morgan fingerprint density at radius 1 is 1.24 bits per heavy atom. The van der Waals surface area contributed by atoms with Crippen molar-refractivity contribution in [3.63, 3.8) is 0 Å². The van der Waals surface area contributed by atoms with Gasteiger partial charge >= 0.3 is 12.0 Å². The van der Waals surface area contributed by atoms with Gasteiger partial charge in [0.15, 0.2) is 0 Å². The molecule has 0 aromatic carbocycles. The molecular weight excluding hydrogens is 274 g/mol. The highest BCUT2D eigenvalue weighted by Crippen LogP contribution is 2.35. The molecule has 21 heavy (non-hydrogen) atoms. The number of likely N-dealkylation sites (N-methyl/N-ethyl adjacent to an activating group) is 1. The number of aliphatic carboxylic acids is 1. The minimum atomic E-state index is -0.787. The second-order valence-corrected chi connectivity index (χ2v) is 5.49. The molecule has 0 radical (unpaired) electrons. The molecule has 2 N–H and O–H groups in total. The molecule has 1 fully saturated rings. The molecule has 0 unspecified atom stereocenters. The Hall–Kier alpha value is -1.79. The first-order valence-corrected chi connectivity index (χ1v) is 7.36. The van der Waals surface area contributed by atoms with E-state index in [0.29, 0.717) is 38.9 Å². The van der Waals surface area contributed by atoms with E-state index in [2.05, 4.69) is 5.32 Å². The van der Waals surface area contributed by atoms with Crippen molar-refractivity contribution >= 4 is 17.9 Å². The number of likely N-dealkylation sites (tertiary alicyclic amines) is 1. The quantitative estimate of drug-likeness (QED) is 0.784. The highest BCUT2D eigenvalue weighted by molar-refractivity contribution is 5.84. The van der Waals surface area contributed by atoms with E-state index in [0.717, 1.165) is 0 Å². The van der Waals surface area contributed by atoms with Crippen LogP contribution in [0.2, 0.25) is 0 Å². The van der Waals surface area contributed by atoms with E-state index in [-0.39, 0.29) is 18.5 Å². The van der Waals surface area contributed by atoms with Crippen LogP contribution in [0.25, 0.3) is 0 Å². The number of piperidine rings is 1. The summed E-state index contributed by atoms with van der Waals surface area (Å²) in [6.45, 7) is 5.10. The summed E-state index contributed by atoms with van der Waals surface area (Å²) in [5, 5.41) is 11.9. The van der Waals surface area contributed by atoms with Gasteiger partial charge in [0.2, 0.25) is 5.91 Å². The van der Waals surface area contributed by atoms with E-state index < -0.39 is 11.4 Å². The number of carboxylic acid groups (broad SMARTS) is 1. The van der Waals surface area contributed by atoms with Gasteiger partial charge in [0.1, 0.15) is 0 Å². The lowest BCUT2D eigenvalue weighted by atomic mass is 9.76. The number of amides is 3. The number of urea groups is 1. The predicted molar refractivity (Wildman–Crippen MR) is 77.9 cm³/mol. The third-order valence-electron chi connectivity index (χ3n) is 4.43. The van der Waals surface area contributed by atoms with E-state index in [4.69, 9.17) is 0 Å². The molecule has 0 aromatic rings. The van der Waals surface area contributed by atoms with Crippen molar-refractivity contribution in [3.05, 3.63) is 0 Å². The number of nitrogens with zero attached hydrogens (tertiary/aromatic N) is 2. The number of carbonyl (C=O) groups excluding carboxylic acids is 2.